The van der Waals surface area contributed by atoms with Crippen molar-refractivity contribution in [1.82, 2.24) is 5.32 Å². The summed E-state index contributed by atoms with van der Waals surface area (Å²) in [5.41, 5.74) is 0.687. The van der Waals surface area contributed by atoms with Crippen LogP contribution in [0, 0.1) is 17.8 Å². The fraction of sp³-hybridized carbons (Fsp3) is 0.571. The quantitative estimate of drug-likeness (QED) is 0.382. The summed E-state index contributed by atoms with van der Waals surface area (Å²) in [6.45, 7) is 7.97. The molecule has 6 heteroatoms. The Hall–Kier alpha value is -1.74. The number of halogens is 1. The molecule has 0 radical (unpaired) electrons. The molecule has 0 aliphatic carbocycles. The predicted molar refractivity (Wildman–Crippen MR) is 111 cm³/mol. The zero-order valence-electron chi connectivity index (χ0n) is 16.6. The Morgan fingerprint density at radius 1 is 1.37 bits per heavy atom. The highest BCUT2D eigenvalue weighted by Crippen LogP contribution is 2.26. The minimum absolute atomic E-state index is 0.0373. The van der Waals surface area contributed by atoms with Crippen molar-refractivity contribution in [3.8, 4) is 11.8 Å². The first-order chi connectivity index (χ1) is 12.7. The number of benzene rings is 1. The average molecular weight is 395 g/mol. The molecular formula is C21H31ClN2O3. The van der Waals surface area contributed by atoms with Crippen molar-refractivity contribution in [2.45, 2.75) is 58.6 Å². The van der Waals surface area contributed by atoms with Gasteiger partial charge in [-0.05, 0) is 37.5 Å². The molecule has 2 atom stereocenters. The molecule has 0 saturated carbocycles. The van der Waals surface area contributed by atoms with Crippen molar-refractivity contribution in [3.05, 3.63) is 28.8 Å². The van der Waals surface area contributed by atoms with E-state index in [1.807, 2.05) is 0 Å². The van der Waals surface area contributed by atoms with Gasteiger partial charge in [0.05, 0.1) is 28.8 Å². The van der Waals surface area contributed by atoms with E-state index in [2.05, 4.69) is 50.2 Å². The second-order valence-electron chi connectivity index (χ2n) is 7.13. The highest BCUT2D eigenvalue weighted by Gasteiger charge is 2.26. The average Bonchev–Trinajstić information content (AvgIpc) is 2.63. The molecule has 1 amide bonds. The normalized spacial score (nSPS) is 14.1. The third kappa shape index (κ3) is 7.42. The van der Waals surface area contributed by atoms with Crippen molar-refractivity contribution in [3.63, 3.8) is 0 Å². The standard InChI is InChI=1S/C21H31ClN2O3/c1-5-6-7-8-11-21(4,15(2)3)24-16-9-10-18(19(22)12-16)20(27)23-13-17(26)14-25/h9-10,12,15,17,24-26H,5-7,13-14H2,1-4H3,(H,23,27). The summed E-state index contributed by atoms with van der Waals surface area (Å²) < 4.78 is 0. The predicted octanol–water partition coefficient (Wildman–Crippen LogP) is 3.44. The number of unbranched alkanes of at least 4 members (excludes halogenated alkanes) is 2. The van der Waals surface area contributed by atoms with Gasteiger partial charge in [0, 0.05) is 18.7 Å². The molecule has 1 rings (SSSR count). The maximum atomic E-state index is 12.2. The molecule has 0 heterocycles. The third-order valence-corrected chi connectivity index (χ3v) is 4.80. The van der Waals surface area contributed by atoms with E-state index in [1.165, 1.54) is 0 Å². The van der Waals surface area contributed by atoms with E-state index in [4.69, 9.17) is 16.7 Å². The Labute approximate surface area is 167 Å². The van der Waals surface area contributed by atoms with Crippen LogP contribution < -0.4 is 10.6 Å². The topological polar surface area (TPSA) is 81.6 Å². The van der Waals surface area contributed by atoms with Crippen LogP contribution in [0.4, 0.5) is 5.69 Å². The van der Waals surface area contributed by atoms with Crippen LogP contribution in [0.1, 0.15) is 57.3 Å². The van der Waals surface area contributed by atoms with E-state index in [0.29, 0.717) is 10.6 Å². The number of carbonyl (C=O) groups is 1. The van der Waals surface area contributed by atoms with Crippen LogP contribution in [0.5, 0.6) is 0 Å². The molecule has 4 N–H and O–H groups in total. The second kappa shape index (κ2) is 11.2. The maximum Gasteiger partial charge on any atom is 0.252 e. The van der Waals surface area contributed by atoms with E-state index >= 15 is 0 Å². The van der Waals surface area contributed by atoms with Crippen molar-refractivity contribution in [2.75, 3.05) is 18.5 Å². The number of hydrogen-bond acceptors (Lipinski definition) is 4. The van der Waals surface area contributed by atoms with E-state index in [9.17, 15) is 9.90 Å². The number of aliphatic hydroxyl groups is 2. The Kier molecular flexibility index (Phi) is 9.65. The molecule has 0 aliphatic rings. The summed E-state index contributed by atoms with van der Waals surface area (Å²) in [5, 5.41) is 24.4. The van der Waals surface area contributed by atoms with E-state index < -0.39 is 24.2 Å². The van der Waals surface area contributed by atoms with Crippen molar-refractivity contribution in [2.24, 2.45) is 5.92 Å². The summed E-state index contributed by atoms with van der Waals surface area (Å²) >= 11 is 6.28. The van der Waals surface area contributed by atoms with Gasteiger partial charge in [0.15, 0.2) is 0 Å². The van der Waals surface area contributed by atoms with Gasteiger partial charge in [-0.2, -0.15) is 0 Å². The zero-order valence-corrected chi connectivity index (χ0v) is 17.4. The van der Waals surface area contributed by atoms with E-state index in [1.54, 1.807) is 18.2 Å². The van der Waals surface area contributed by atoms with Crippen LogP contribution in [0.2, 0.25) is 5.02 Å². The first-order valence-corrected chi connectivity index (χ1v) is 9.76. The van der Waals surface area contributed by atoms with Gasteiger partial charge in [-0.1, -0.05) is 44.7 Å². The summed E-state index contributed by atoms with van der Waals surface area (Å²) in [6, 6.07) is 5.13. The van der Waals surface area contributed by atoms with Gasteiger partial charge in [-0.25, -0.2) is 0 Å². The van der Waals surface area contributed by atoms with Gasteiger partial charge in [-0.15, -0.1) is 5.92 Å². The molecule has 0 aromatic heterocycles. The molecule has 1 aromatic carbocycles. The van der Waals surface area contributed by atoms with E-state index in [0.717, 1.165) is 24.9 Å². The number of rotatable bonds is 9. The van der Waals surface area contributed by atoms with Crippen LogP contribution in [-0.2, 0) is 0 Å². The number of amides is 1. The first-order valence-electron chi connectivity index (χ1n) is 9.38. The van der Waals surface area contributed by atoms with Gasteiger partial charge >= 0.3 is 0 Å². The van der Waals surface area contributed by atoms with Crippen molar-refractivity contribution < 1.29 is 15.0 Å². The van der Waals surface area contributed by atoms with Crippen LogP contribution in [0.15, 0.2) is 18.2 Å². The minimum Gasteiger partial charge on any atom is -0.394 e. The van der Waals surface area contributed by atoms with Gasteiger partial charge in [-0.3, -0.25) is 4.79 Å². The molecule has 0 saturated heterocycles. The van der Waals surface area contributed by atoms with Crippen LogP contribution in [0.25, 0.3) is 0 Å². The lowest BCUT2D eigenvalue weighted by atomic mass is 9.88. The Morgan fingerprint density at radius 2 is 2.07 bits per heavy atom. The Morgan fingerprint density at radius 3 is 2.63 bits per heavy atom. The van der Waals surface area contributed by atoms with Crippen molar-refractivity contribution >= 4 is 23.2 Å². The summed E-state index contributed by atoms with van der Waals surface area (Å²) in [5.74, 6) is 6.47. The third-order valence-electron chi connectivity index (χ3n) is 4.48. The van der Waals surface area contributed by atoms with Gasteiger partial charge in [0.2, 0.25) is 0 Å². The molecule has 0 spiro atoms. The monoisotopic (exact) mass is 394 g/mol. The lowest BCUT2D eigenvalue weighted by Crippen LogP contribution is -2.39. The van der Waals surface area contributed by atoms with Gasteiger partial charge in [0.1, 0.15) is 0 Å². The van der Waals surface area contributed by atoms with Gasteiger partial charge in [0.25, 0.3) is 5.91 Å². The molecule has 5 nitrogen and oxygen atoms in total. The number of anilines is 1. The SMILES string of the molecule is CCCCC#CC(C)(Nc1ccc(C(=O)NCC(O)CO)c(Cl)c1)C(C)C. The number of aliphatic hydroxyl groups excluding tert-OH is 2. The number of nitrogens with one attached hydrogen (secondary N) is 2. The molecule has 27 heavy (non-hydrogen) atoms. The maximum absolute atomic E-state index is 12.2. The largest absolute Gasteiger partial charge is 0.394 e. The second-order valence-corrected chi connectivity index (χ2v) is 7.54. The zero-order chi connectivity index (χ0) is 20.4. The Balaban J connectivity index is 2.89. The lowest BCUT2D eigenvalue weighted by molar-refractivity contribution is 0.0802. The van der Waals surface area contributed by atoms with Gasteiger partial charge < -0.3 is 20.8 Å². The molecule has 0 bridgehead atoms. The lowest BCUT2D eigenvalue weighted by Gasteiger charge is -2.31. The Bertz CT molecular complexity index is 682. The fourth-order valence-electron chi connectivity index (χ4n) is 2.28. The highest BCUT2D eigenvalue weighted by molar-refractivity contribution is 6.34. The smallest absolute Gasteiger partial charge is 0.252 e. The van der Waals surface area contributed by atoms with Crippen LogP contribution in [-0.4, -0.2) is 40.9 Å². The van der Waals surface area contributed by atoms with Crippen LogP contribution >= 0.6 is 11.6 Å². The summed E-state index contributed by atoms with van der Waals surface area (Å²) in [4.78, 5) is 12.2. The molecule has 150 valence electrons. The van der Waals surface area contributed by atoms with Crippen molar-refractivity contribution in [1.29, 1.82) is 0 Å². The van der Waals surface area contributed by atoms with Crippen LogP contribution in [0.3, 0.4) is 0 Å². The number of carbonyl (C=O) groups excluding carboxylic acids is 1. The molecule has 1 aromatic rings. The van der Waals surface area contributed by atoms with E-state index in [-0.39, 0.29) is 12.5 Å². The first kappa shape index (κ1) is 23.3. The number of hydrogen-bond donors (Lipinski definition) is 4. The molecule has 0 fully saturated rings. The molecule has 0 aliphatic heterocycles. The fourth-order valence-corrected chi connectivity index (χ4v) is 2.54. The minimum atomic E-state index is -0.994. The summed E-state index contributed by atoms with van der Waals surface area (Å²) in [6.07, 6.45) is 2.09. The molecular weight excluding hydrogens is 364 g/mol. The molecule has 2 unspecified atom stereocenters. The summed E-state index contributed by atoms with van der Waals surface area (Å²) in [7, 11) is 0. The highest BCUT2D eigenvalue weighted by atomic mass is 35.5.